The Balaban J connectivity index is 1.91. The van der Waals surface area contributed by atoms with E-state index in [9.17, 15) is 4.79 Å². The summed E-state index contributed by atoms with van der Waals surface area (Å²) in [6, 6.07) is 0.410. The molecule has 1 aromatic rings. The van der Waals surface area contributed by atoms with Crippen LogP contribution < -0.4 is 11.1 Å². The summed E-state index contributed by atoms with van der Waals surface area (Å²) in [6.07, 6.45) is 5.54. The van der Waals surface area contributed by atoms with Crippen molar-refractivity contribution in [3.63, 3.8) is 0 Å². The predicted molar refractivity (Wildman–Crippen MR) is 51.3 cm³/mol. The van der Waals surface area contributed by atoms with Crippen LogP contribution in [0.1, 0.15) is 18.5 Å². The monoisotopic (exact) mass is 194 g/mol. The van der Waals surface area contributed by atoms with Crippen LogP contribution >= 0.6 is 0 Å². The highest BCUT2D eigenvalue weighted by molar-refractivity contribution is 5.76. The summed E-state index contributed by atoms with van der Waals surface area (Å²) >= 11 is 0. The first kappa shape index (κ1) is 9.21. The highest BCUT2D eigenvalue weighted by atomic mass is 16.2. The van der Waals surface area contributed by atoms with Gasteiger partial charge in [-0.3, -0.25) is 4.79 Å². The van der Waals surface area contributed by atoms with E-state index in [0.29, 0.717) is 19.1 Å². The molecule has 1 amide bonds. The number of hydrogen-bond donors (Lipinski definition) is 2. The quantitative estimate of drug-likeness (QED) is 0.686. The van der Waals surface area contributed by atoms with Gasteiger partial charge in [-0.05, 0) is 12.8 Å². The number of imidazole rings is 1. The number of rotatable bonds is 4. The van der Waals surface area contributed by atoms with Crippen molar-refractivity contribution in [2.75, 3.05) is 0 Å². The van der Waals surface area contributed by atoms with Gasteiger partial charge < -0.3 is 15.6 Å². The molecule has 3 N–H and O–H groups in total. The third-order valence-corrected chi connectivity index (χ3v) is 2.26. The summed E-state index contributed by atoms with van der Waals surface area (Å²) in [7, 11) is 0. The van der Waals surface area contributed by atoms with Gasteiger partial charge in [0.05, 0.1) is 12.0 Å². The van der Waals surface area contributed by atoms with Crippen molar-refractivity contribution in [1.82, 2.24) is 14.9 Å². The Morgan fingerprint density at radius 1 is 1.71 bits per heavy atom. The van der Waals surface area contributed by atoms with Crippen molar-refractivity contribution in [1.29, 1.82) is 0 Å². The normalized spacial score (nSPS) is 15.5. The highest BCUT2D eigenvalue weighted by Gasteiger charge is 2.23. The van der Waals surface area contributed by atoms with Crippen molar-refractivity contribution in [3.8, 4) is 0 Å². The van der Waals surface area contributed by atoms with Gasteiger partial charge in [-0.2, -0.15) is 0 Å². The van der Waals surface area contributed by atoms with Gasteiger partial charge in [0.25, 0.3) is 0 Å². The van der Waals surface area contributed by atoms with Gasteiger partial charge >= 0.3 is 0 Å². The largest absolute Gasteiger partial charge is 0.352 e. The maximum Gasteiger partial charge on any atom is 0.240 e. The maximum atomic E-state index is 11.4. The Morgan fingerprint density at radius 2 is 2.50 bits per heavy atom. The average molecular weight is 194 g/mol. The predicted octanol–water partition coefficient (Wildman–Crippen LogP) is -0.380. The van der Waals surface area contributed by atoms with E-state index in [4.69, 9.17) is 5.73 Å². The number of carbonyl (C=O) groups excluding carboxylic acids is 1. The zero-order chi connectivity index (χ0) is 9.97. The second kappa shape index (κ2) is 3.79. The van der Waals surface area contributed by atoms with Gasteiger partial charge in [0, 0.05) is 18.8 Å². The van der Waals surface area contributed by atoms with Crippen molar-refractivity contribution in [2.24, 2.45) is 5.73 Å². The Morgan fingerprint density at radius 3 is 3.14 bits per heavy atom. The lowest BCUT2D eigenvalue weighted by molar-refractivity contribution is -0.121. The van der Waals surface area contributed by atoms with Crippen LogP contribution in [0.15, 0.2) is 12.5 Å². The number of hydrogen-bond acceptors (Lipinski definition) is 3. The lowest BCUT2D eigenvalue weighted by Gasteiger charge is -2.06. The van der Waals surface area contributed by atoms with Gasteiger partial charge in [0.2, 0.25) is 5.91 Å². The fourth-order valence-electron chi connectivity index (χ4n) is 1.32. The van der Waals surface area contributed by atoms with E-state index in [0.717, 1.165) is 18.5 Å². The molecule has 1 aromatic heterocycles. The second-order valence-electron chi connectivity index (χ2n) is 3.56. The molecule has 2 rings (SSSR count). The van der Waals surface area contributed by atoms with Crippen molar-refractivity contribution >= 4 is 5.91 Å². The van der Waals surface area contributed by atoms with E-state index in [1.54, 1.807) is 17.1 Å². The Hall–Kier alpha value is -1.36. The molecule has 1 saturated carbocycles. The smallest absolute Gasteiger partial charge is 0.240 e. The first-order valence-electron chi connectivity index (χ1n) is 4.78. The molecule has 1 aliphatic carbocycles. The van der Waals surface area contributed by atoms with E-state index >= 15 is 0 Å². The first-order chi connectivity index (χ1) is 6.79. The molecule has 0 spiro atoms. The lowest BCUT2D eigenvalue weighted by atomic mass is 10.4. The van der Waals surface area contributed by atoms with Crippen molar-refractivity contribution in [3.05, 3.63) is 18.2 Å². The number of nitrogens with two attached hydrogens (primary N) is 1. The molecule has 5 nitrogen and oxygen atoms in total. The van der Waals surface area contributed by atoms with Crippen LogP contribution in [0.5, 0.6) is 0 Å². The van der Waals surface area contributed by atoms with Crippen LogP contribution in [0, 0.1) is 0 Å². The fraction of sp³-hybridized carbons (Fsp3) is 0.556. The van der Waals surface area contributed by atoms with E-state index in [-0.39, 0.29) is 5.91 Å². The third-order valence-electron chi connectivity index (χ3n) is 2.26. The number of nitrogens with zero attached hydrogens (tertiary/aromatic N) is 2. The molecule has 5 heteroatoms. The van der Waals surface area contributed by atoms with E-state index in [1.165, 1.54) is 0 Å². The van der Waals surface area contributed by atoms with Crippen LogP contribution in [0.4, 0.5) is 0 Å². The van der Waals surface area contributed by atoms with Crippen LogP contribution in [0.3, 0.4) is 0 Å². The molecule has 14 heavy (non-hydrogen) atoms. The number of nitrogens with one attached hydrogen (secondary N) is 1. The first-order valence-corrected chi connectivity index (χ1v) is 4.78. The SMILES string of the molecule is NCc1cncn1CC(=O)NC1CC1. The number of aromatic nitrogens is 2. The van der Waals surface area contributed by atoms with Crippen LogP contribution in [0.2, 0.25) is 0 Å². The van der Waals surface area contributed by atoms with Gasteiger partial charge in [0.1, 0.15) is 6.54 Å². The molecule has 0 aromatic carbocycles. The molecular weight excluding hydrogens is 180 g/mol. The Kier molecular flexibility index (Phi) is 2.49. The molecule has 0 unspecified atom stereocenters. The minimum atomic E-state index is 0.0419. The highest BCUT2D eigenvalue weighted by Crippen LogP contribution is 2.18. The minimum absolute atomic E-state index is 0.0419. The topological polar surface area (TPSA) is 72.9 Å². The van der Waals surface area contributed by atoms with Crippen molar-refractivity contribution < 1.29 is 4.79 Å². The zero-order valence-corrected chi connectivity index (χ0v) is 7.94. The summed E-state index contributed by atoms with van der Waals surface area (Å²) in [6.45, 7) is 0.736. The van der Waals surface area contributed by atoms with Crippen LogP contribution in [0.25, 0.3) is 0 Å². The van der Waals surface area contributed by atoms with Gasteiger partial charge in [-0.15, -0.1) is 0 Å². The summed E-state index contributed by atoms with van der Waals surface area (Å²) in [5.41, 5.74) is 6.38. The molecular formula is C9H14N4O. The van der Waals surface area contributed by atoms with Gasteiger partial charge in [-0.1, -0.05) is 0 Å². The molecule has 0 aliphatic heterocycles. The molecule has 0 bridgehead atoms. The standard InChI is InChI=1S/C9H14N4O/c10-3-8-4-11-6-13(8)5-9(14)12-7-1-2-7/h4,6-7H,1-3,5,10H2,(H,12,14). The minimum Gasteiger partial charge on any atom is -0.352 e. The average Bonchev–Trinajstić information content (AvgIpc) is 2.84. The molecule has 76 valence electrons. The summed E-state index contributed by atoms with van der Waals surface area (Å²) < 4.78 is 1.78. The van der Waals surface area contributed by atoms with E-state index < -0.39 is 0 Å². The number of amides is 1. The molecule has 1 fully saturated rings. The van der Waals surface area contributed by atoms with Crippen LogP contribution in [-0.2, 0) is 17.9 Å². The fourth-order valence-corrected chi connectivity index (χ4v) is 1.32. The summed E-state index contributed by atoms with van der Waals surface area (Å²) in [5, 5.41) is 2.92. The lowest BCUT2D eigenvalue weighted by Crippen LogP contribution is -2.29. The summed E-state index contributed by atoms with van der Waals surface area (Å²) in [4.78, 5) is 15.4. The Bertz CT molecular complexity index is 329. The molecule has 0 radical (unpaired) electrons. The zero-order valence-electron chi connectivity index (χ0n) is 7.94. The molecule has 0 atom stereocenters. The summed E-state index contributed by atoms with van der Waals surface area (Å²) in [5.74, 6) is 0.0419. The van der Waals surface area contributed by atoms with Gasteiger partial charge in [0.15, 0.2) is 0 Å². The molecule has 1 aliphatic rings. The van der Waals surface area contributed by atoms with E-state index in [2.05, 4.69) is 10.3 Å². The number of carbonyl (C=O) groups is 1. The third kappa shape index (κ3) is 2.11. The second-order valence-corrected chi connectivity index (χ2v) is 3.56. The van der Waals surface area contributed by atoms with E-state index in [1.807, 2.05) is 0 Å². The Labute approximate surface area is 82.3 Å². The van der Waals surface area contributed by atoms with Gasteiger partial charge in [-0.25, -0.2) is 4.98 Å². The van der Waals surface area contributed by atoms with Crippen LogP contribution in [-0.4, -0.2) is 21.5 Å². The molecule has 0 saturated heterocycles. The van der Waals surface area contributed by atoms with Crippen molar-refractivity contribution in [2.45, 2.75) is 32.0 Å². The maximum absolute atomic E-state index is 11.4. The molecule has 1 heterocycles.